The van der Waals surface area contributed by atoms with Crippen LogP contribution in [0.25, 0.3) is 11.3 Å². The van der Waals surface area contributed by atoms with Crippen LogP contribution in [0.3, 0.4) is 0 Å². The van der Waals surface area contributed by atoms with Crippen LogP contribution in [0.4, 0.5) is 0 Å². The molecule has 1 atom stereocenters. The molecule has 0 aromatic carbocycles. The fourth-order valence-electron chi connectivity index (χ4n) is 2.43. The van der Waals surface area contributed by atoms with Gasteiger partial charge in [0, 0.05) is 5.92 Å². The smallest absolute Gasteiger partial charge is 0.277 e. The molecular formula is C15H24N4O2P+. The van der Waals surface area contributed by atoms with Crippen molar-refractivity contribution in [2.75, 3.05) is 6.66 Å². The molecule has 6 nitrogen and oxygen atoms in total. The maximum absolute atomic E-state index is 11.6. The van der Waals surface area contributed by atoms with E-state index in [9.17, 15) is 4.57 Å². The summed E-state index contributed by atoms with van der Waals surface area (Å²) in [7, 11) is -1.75. The summed E-state index contributed by atoms with van der Waals surface area (Å²) in [6, 6.07) is 0. The van der Waals surface area contributed by atoms with Crippen LogP contribution in [-0.4, -0.2) is 26.2 Å². The van der Waals surface area contributed by atoms with E-state index in [2.05, 4.69) is 37.7 Å². The van der Waals surface area contributed by atoms with Crippen LogP contribution in [0.1, 0.15) is 64.9 Å². The second-order valence-electron chi connectivity index (χ2n) is 6.53. The average Bonchev–Trinajstić information content (AvgIpc) is 2.76. The van der Waals surface area contributed by atoms with Gasteiger partial charge in [0.25, 0.3) is 0 Å². The molecule has 0 bridgehead atoms. The van der Waals surface area contributed by atoms with E-state index in [1.54, 1.807) is 12.9 Å². The van der Waals surface area contributed by atoms with Gasteiger partial charge in [0.05, 0.1) is 11.9 Å². The van der Waals surface area contributed by atoms with Gasteiger partial charge in [0.15, 0.2) is 23.7 Å². The maximum atomic E-state index is 11.6. The van der Waals surface area contributed by atoms with Gasteiger partial charge >= 0.3 is 8.03 Å². The zero-order valence-electron chi connectivity index (χ0n) is 14.3. The van der Waals surface area contributed by atoms with Crippen molar-refractivity contribution in [2.24, 2.45) is 0 Å². The van der Waals surface area contributed by atoms with Gasteiger partial charge in [0.1, 0.15) is 5.82 Å². The number of imidazole rings is 1. The molecule has 22 heavy (non-hydrogen) atoms. The maximum Gasteiger partial charge on any atom is 0.507 e. The molecule has 0 saturated carbocycles. The summed E-state index contributed by atoms with van der Waals surface area (Å²) in [4.78, 5) is 13.8. The summed E-state index contributed by atoms with van der Waals surface area (Å²) in [6.45, 7) is 13.6. The Bertz CT molecular complexity index is 707. The molecule has 0 saturated heterocycles. The standard InChI is InChI=1S/C15H24N4O2P/c1-9(2)11-8-16-12-14(17-11)19(13(18-12)10(3)4)15(5,6)21-22(7)20/h8-10H,1-7H3/q+1. The molecule has 7 heteroatoms. The van der Waals surface area contributed by atoms with E-state index in [0.717, 1.165) is 11.5 Å². The third-order valence-corrected chi connectivity index (χ3v) is 4.12. The minimum Gasteiger partial charge on any atom is -0.277 e. The lowest BCUT2D eigenvalue weighted by atomic mass is 10.1. The van der Waals surface area contributed by atoms with Gasteiger partial charge in [-0.15, -0.1) is 4.52 Å². The zero-order valence-corrected chi connectivity index (χ0v) is 15.2. The molecule has 2 rings (SSSR count). The first-order valence-corrected chi connectivity index (χ1v) is 9.11. The Hall–Kier alpha value is -1.39. The van der Waals surface area contributed by atoms with Crippen LogP contribution in [0.15, 0.2) is 6.20 Å². The number of aromatic nitrogens is 4. The van der Waals surface area contributed by atoms with Crippen molar-refractivity contribution in [3.63, 3.8) is 0 Å². The third kappa shape index (κ3) is 3.18. The molecule has 0 N–H and O–H groups in total. The number of hydrogen-bond donors (Lipinski definition) is 0. The molecule has 2 heterocycles. The highest BCUT2D eigenvalue weighted by molar-refractivity contribution is 7.38. The molecule has 120 valence electrons. The molecule has 1 unspecified atom stereocenters. The van der Waals surface area contributed by atoms with Crippen LogP contribution >= 0.6 is 8.03 Å². The zero-order chi connectivity index (χ0) is 16.7. The molecule has 2 aromatic rings. The van der Waals surface area contributed by atoms with Gasteiger partial charge in [-0.1, -0.05) is 27.7 Å². The molecule has 2 aromatic heterocycles. The second kappa shape index (κ2) is 6.01. The highest BCUT2D eigenvalue weighted by atomic mass is 31.1. The molecule has 0 amide bonds. The van der Waals surface area contributed by atoms with Gasteiger partial charge in [-0.25, -0.2) is 15.0 Å². The van der Waals surface area contributed by atoms with E-state index in [1.807, 2.05) is 18.4 Å². The number of rotatable bonds is 5. The van der Waals surface area contributed by atoms with Crippen LogP contribution in [0.5, 0.6) is 0 Å². The van der Waals surface area contributed by atoms with E-state index in [4.69, 9.17) is 9.51 Å². The summed E-state index contributed by atoms with van der Waals surface area (Å²) in [5, 5.41) is 0. The van der Waals surface area contributed by atoms with Gasteiger partial charge in [-0.3, -0.25) is 4.57 Å². The molecule has 0 aliphatic heterocycles. The fraction of sp³-hybridized carbons (Fsp3) is 0.667. The fourth-order valence-corrected chi connectivity index (χ4v) is 3.14. The Kier molecular flexibility index (Phi) is 4.64. The first-order valence-electron chi connectivity index (χ1n) is 7.49. The second-order valence-corrected chi connectivity index (χ2v) is 7.60. The van der Waals surface area contributed by atoms with Crippen molar-refractivity contribution in [3.05, 3.63) is 17.7 Å². The first kappa shape index (κ1) is 17.0. The van der Waals surface area contributed by atoms with E-state index in [0.29, 0.717) is 11.3 Å². The molecular weight excluding hydrogens is 299 g/mol. The van der Waals surface area contributed by atoms with E-state index in [1.165, 1.54) is 0 Å². The van der Waals surface area contributed by atoms with Crippen LogP contribution in [0.2, 0.25) is 0 Å². The van der Waals surface area contributed by atoms with Crippen molar-refractivity contribution >= 4 is 19.3 Å². The van der Waals surface area contributed by atoms with E-state index >= 15 is 0 Å². The molecule has 0 aliphatic rings. The summed E-state index contributed by atoms with van der Waals surface area (Å²) >= 11 is 0. The summed E-state index contributed by atoms with van der Waals surface area (Å²) in [5.74, 6) is 1.28. The lowest BCUT2D eigenvalue weighted by Crippen LogP contribution is -2.30. The van der Waals surface area contributed by atoms with Gasteiger partial charge in [-0.2, -0.15) is 0 Å². The van der Waals surface area contributed by atoms with Crippen molar-refractivity contribution in [1.82, 2.24) is 19.5 Å². The summed E-state index contributed by atoms with van der Waals surface area (Å²) in [6.07, 6.45) is 1.77. The first-order chi connectivity index (χ1) is 10.1. The Balaban J connectivity index is 2.74. The Morgan fingerprint density at radius 3 is 2.32 bits per heavy atom. The van der Waals surface area contributed by atoms with Gasteiger partial charge < -0.3 is 0 Å². The predicted molar refractivity (Wildman–Crippen MR) is 87.4 cm³/mol. The summed E-state index contributed by atoms with van der Waals surface area (Å²) < 4.78 is 19.2. The van der Waals surface area contributed by atoms with Crippen LogP contribution < -0.4 is 0 Å². The predicted octanol–water partition coefficient (Wildman–Crippen LogP) is 4.15. The van der Waals surface area contributed by atoms with E-state index < -0.39 is 13.8 Å². The van der Waals surface area contributed by atoms with Crippen molar-refractivity contribution < 1.29 is 9.09 Å². The Morgan fingerprint density at radius 2 is 1.82 bits per heavy atom. The highest BCUT2D eigenvalue weighted by Crippen LogP contribution is 2.35. The minimum atomic E-state index is -1.75. The lowest BCUT2D eigenvalue weighted by Gasteiger charge is -2.24. The normalized spacial score (nSPS) is 13.4. The molecule has 0 aliphatic carbocycles. The topological polar surface area (TPSA) is 69.9 Å². The number of nitrogens with zero attached hydrogens (tertiary/aromatic N) is 4. The van der Waals surface area contributed by atoms with Crippen LogP contribution in [-0.2, 0) is 14.8 Å². The molecule has 0 fully saturated rings. The quantitative estimate of drug-likeness (QED) is 0.773. The molecule has 0 radical (unpaired) electrons. The lowest BCUT2D eigenvalue weighted by molar-refractivity contribution is 0.0412. The van der Waals surface area contributed by atoms with Crippen molar-refractivity contribution in [1.29, 1.82) is 0 Å². The number of hydrogen-bond acceptors (Lipinski definition) is 5. The average molecular weight is 323 g/mol. The van der Waals surface area contributed by atoms with Crippen molar-refractivity contribution in [2.45, 2.75) is 59.1 Å². The SMILES string of the molecule is CC(C)c1cnc2nc(C(C)C)n(C(C)(C)O[P+](C)=O)c2n1. The monoisotopic (exact) mass is 323 g/mol. The van der Waals surface area contributed by atoms with E-state index in [-0.39, 0.29) is 11.8 Å². The Morgan fingerprint density at radius 1 is 1.18 bits per heavy atom. The number of fused-ring (bicyclic) bond motifs is 1. The largest absolute Gasteiger partial charge is 0.507 e. The van der Waals surface area contributed by atoms with Gasteiger partial charge in [-0.05, 0) is 24.3 Å². The van der Waals surface area contributed by atoms with Gasteiger partial charge in [0.2, 0.25) is 0 Å². The highest BCUT2D eigenvalue weighted by Gasteiger charge is 2.35. The minimum absolute atomic E-state index is 0.177. The summed E-state index contributed by atoms with van der Waals surface area (Å²) in [5.41, 5.74) is 1.37. The van der Waals surface area contributed by atoms with Crippen LogP contribution in [0, 0.1) is 0 Å². The third-order valence-electron chi connectivity index (χ3n) is 3.41. The van der Waals surface area contributed by atoms with Crippen molar-refractivity contribution in [3.8, 4) is 0 Å². The Labute approximate surface area is 132 Å². The molecule has 0 spiro atoms.